The van der Waals surface area contributed by atoms with Crippen molar-refractivity contribution < 1.29 is 19.5 Å². The number of nitrogens with zero attached hydrogens (tertiary/aromatic N) is 3. The second-order valence-corrected chi connectivity index (χ2v) is 10.00. The van der Waals surface area contributed by atoms with Crippen molar-refractivity contribution in [2.75, 3.05) is 13.6 Å². The lowest BCUT2D eigenvalue weighted by Crippen LogP contribution is -2.54. The fourth-order valence-electron chi connectivity index (χ4n) is 4.46. The number of hydrogen-bond donors (Lipinski definition) is 1. The molecule has 1 aromatic heterocycles. The molecule has 7 nitrogen and oxygen atoms in total. The van der Waals surface area contributed by atoms with Crippen LogP contribution in [0.4, 0.5) is 0 Å². The zero-order valence-electron chi connectivity index (χ0n) is 19.9. The second kappa shape index (κ2) is 10.6. The Morgan fingerprint density at radius 2 is 1.91 bits per heavy atom. The number of likely N-dealkylation sites (N-methyl/N-ethyl adjacent to an activating group) is 1. The number of hydrogen-bond acceptors (Lipinski definition) is 6. The Hall–Kier alpha value is -2.58. The van der Waals surface area contributed by atoms with E-state index in [1.54, 1.807) is 18.4 Å². The van der Waals surface area contributed by atoms with Gasteiger partial charge in [-0.15, -0.1) is 11.3 Å². The summed E-state index contributed by atoms with van der Waals surface area (Å²) in [5, 5.41) is 10.2. The summed E-state index contributed by atoms with van der Waals surface area (Å²) in [5.74, 6) is -0.653. The standard InChI is InChI=1S/C25H33N3O4S/c1-15(2)23(27(5)17(4)29)25(32)28-13-20(30)12-21(28)22(31)11-8-18-6-9-19(10-7-18)24-16(3)26-14-33-24/h6-7,9-10,14-15,20-21,23,30H,8,11-13H2,1-5H3/t20-,21+,23+/m1/s1. The number of likely N-dealkylation sites (tertiary alicyclic amines) is 1. The van der Waals surface area contributed by atoms with Gasteiger partial charge in [-0.05, 0) is 30.4 Å². The fourth-order valence-corrected chi connectivity index (χ4v) is 5.27. The lowest BCUT2D eigenvalue weighted by atomic mass is 9.98. The van der Waals surface area contributed by atoms with Crippen LogP contribution in [0.25, 0.3) is 10.4 Å². The third-order valence-corrected chi connectivity index (χ3v) is 7.33. The molecule has 0 saturated carbocycles. The molecule has 2 heterocycles. The molecule has 0 unspecified atom stereocenters. The van der Waals surface area contributed by atoms with Crippen molar-refractivity contribution >= 4 is 28.9 Å². The number of ketones is 1. The molecule has 3 atom stereocenters. The monoisotopic (exact) mass is 471 g/mol. The number of aliphatic hydroxyl groups is 1. The first kappa shape index (κ1) is 25.1. The Bertz CT molecular complexity index is 1000. The minimum atomic E-state index is -0.736. The molecule has 1 aliphatic rings. The van der Waals surface area contributed by atoms with Gasteiger partial charge < -0.3 is 14.9 Å². The third-order valence-electron chi connectivity index (χ3n) is 6.35. The van der Waals surface area contributed by atoms with Gasteiger partial charge in [0, 0.05) is 33.4 Å². The van der Waals surface area contributed by atoms with E-state index in [0.717, 1.165) is 21.7 Å². The minimum Gasteiger partial charge on any atom is -0.391 e. The van der Waals surface area contributed by atoms with Crippen LogP contribution in [0.15, 0.2) is 29.8 Å². The number of amides is 2. The summed E-state index contributed by atoms with van der Waals surface area (Å²) in [6, 6.07) is 6.80. The van der Waals surface area contributed by atoms with Gasteiger partial charge in [0.25, 0.3) is 0 Å². The SMILES string of the molecule is CC(=O)N(C)[C@H](C(=O)N1C[C@H](O)C[C@H]1C(=O)CCc1ccc(-c2scnc2C)cc1)C(C)C. The summed E-state index contributed by atoms with van der Waals surface area (Å²) in [4.78, 5) is 46.6. The number of carbonyl (C=O) groups excluding carboxylic acids is 3. The van der Waals surface area contributed by atoms with Crippen molar-refractivity contribution in [3.05, 3.63) is 41.0 Å². The molecule has 1 fully saturated rings. The van der Waals surface area contributed by atoms with Gasteiger partial charge in [0.2, 0.25) is 11.8 Å². The van der Waals surface area contributed by atoms with Gasteiger partial charge in [-0.2, -0.15) is 0 Å². The summed E-state index contributed by atoms with van der Waals surface area (Å²) in [6.45, 7) is 7.28. The zero-order valence-corrected chi connectivity index (χ0v) is 20.8. The Labute approximate surface area is 199 Å². The molecule has 0 aliphatic carbocycles. The number of aryl methyl sites for hydroxylation is 2. The van der Waals surface area contributed by atoms with Gasteiger partial charge in [-0.3, -0.25) is 14.4 Å². The number of aromatic nitrogens is 1. The van der Waals surface area contributed by atoms with Gasteiger partial charge in [0.15, 0.2) is 5.78 Å². The molecule has 0 bridgehead atoms. The Morgan fingerprint density at radius 1 is 1.24 bits per heavy atom. The molecular formula is C25H33N3O4S. The van der Waals surface area contributed by atoms with Crippen LogP contribution >= 0.6 is 11.3 Å². The van der Waals surface area contributed by atoms with Gasteiger partial charge in [-0.25, -0.2) is 4.98 Å². The van der Waals surface area contributed by atoms with E-state index in [1.165, 1.54) is 16.7 Å². The van der Waals surface area contributed by atoms with Crippen molar-refractivity contribution in [3.63, 3.8) is 0 Å². The van der Waals surface area contributed by atoms with Crippen LogP contribution < -0.4 is 0 Å². The number of aliphatic hydroxyl groups excluding tert-OH is 1. The van der Waals surface area contributed by atoms with E-state index in [2.05, 4.69) is 4.98 Å². The van der Waals surface area contributed by atoms with Crippen LogP contribution in [0.1, 0.15) is 44.9 Å². The number of thiazole rings is 1. The molecule has 2 amide bonds. The van der Waals surface area contributed by atoms with E-state index in [1.807, 2.05) is 50.5 Å². The number of carbonyl (C=O) groups is 3. The molecule has 1 saturated heterocycles. The number of β-amino-alcohol motifs (C(OH)–C–C–N with tert-alkyl or cyclic N) is 1. The first-order chi connectivity index (χ1) is 15.6. The summed E-state index contributed by atoms with van der Waals surface area (Å²) in [7, 11) is 1.60. The van der Waals surface area contributed by atoms with Crippen molar-refractivity contribution in [3.8, 4) is 10.4 Å². The van der Waals surface area contributed by atoms with Crippen molar-refractivity contribution in [1.29, 1.82) is 0 Å². The van der Waals surface area contributed by atoms with Gasteiger partial charge in [0.1, 0.15) is 6.04 Å². The predicted octanol–water partition coefficient (Wildman–Crippen LogP) is 3.08. The molecule has 0 radical (unpaired) electrons. The normalized spacial score (nSPS) is 19.1. The molecule has 1 N–H and O–H groups in total. The smallest absolute Gasteiger partial charge is 0.246 e. The van der Waals surface area contributed by atoms with E-state index < -0.39 is 18.2 Å². The Kier molecular flexibility index (Phi) is 8.02. The average molecular weight is 472 g/mol. The number of rotatable bonds is 8. The topological polar surface area (TPSA) is 90.8 Å². The first-order valence-corrected chi connectivity index (χ1v) is 12.2. The molecule has 0 spiro atoms. The van der Waals surface area contributed by atoms with E-state index in [0.29, 0.717) is 6.42 Å². The molecule has 8 heteroatoms. The van der Waals surface area contributed by atoms with Crippen molar-refractivity contribution in [2.45, 2.75) is 65.1 Å². The minimum absolute atomic E-state index is 0.0599. The van der Waals surface area contributed by atoms with Crippen molar-refractivity contribution in [1.82, 2.24) is 14.8 Å². The van der Waals surface area contributed by atoms with Crippen LogP contribution in [-0.2, 0) is 20.8 Å². The molecule has 33 heavy (non-hydrogen) atoms. The number of benzene rings is 1. The van der Waals surface area contributed by atoms with Crippen LogP contribution in [-0.4, -0.2) is 69.3 Å². The highest BCUT2D eigenvalue weighted by molar-refractivity contribution is 7.13. The van der Waals surface area contributed by atoms with Crippen LogP contribution in [0.3, 0.4) is 0 Å². The average Bonchev–Trinajstić information content (AvgIpc) is 3.37. The first-order valence-electron chi connectivity index (χ1n) is 11.3. The van der Waals surface area contributed by atoms with Crippen molar-refractivity contribution in [2.24, 2.45) is 5.92 Å². The molecule has 1 aromatic carbocycles. The Morgan fingerprint density at radius 3 is 2.45 bits per heavy atom. The van der Waals surface area contributed by atoms with Crippen LogP contribution in [0, 0.1) is 12.8 Å². The molecule has 178 valence electrons. The van der Waals surface area contributed by atoms with E-state index in [9.17, 15) is 19.5 Å². The molecule has 3 rings (SSSR count). The third kappa shape index (κ3) is 5.68. The summed E-state index contributed by atoms with van der Waals surface area (Å²) in [6.07, 6.45) is 0.356. The van der Waals surface area contributed by atoms with E-state index in [-0.39, 0.29) is 42.9 Å². The zero-order chi connectivity index (χ0) is 24.3. The maximum absolute atomic E-state index is 13.3. The van der Waals surface area contributed by atoms with E-state index in [4.69, 9.17) is 0 Å². The predicted molar refractivity (Wildman–Crippen MR) is 129 cm³/mol. The lowest BCUT2D eigenvalue weighted by Gasteiger charge is -2.34. The quantitative estimate of drug-likeness (QED) is 0.639. The highest BCUT2D eigenvalue weighted by Crippen LogP contribution is 2.28. The van der Waals surface area contributed by atoms with Gasteiger partial charge in [0.05, 0.1) is 28.2 Å². The van der Waals surface area contributed by atoms with Crippen LogP contribution in [0.5, 0.6) is 0 Å². The van der Waals surface area contributed by atoms with Crippen LogP contribution in [0.2, 0.25) is 0 Å². The second-order valence-electron chi connectivity index (χ2n) is 9.14. The maximum Gasteiger partial charge on any atom is 0.246 e. The molecule has 2 aromatic rings. The van der Waals surface area contributed by atoms with E-state index >= 15 is 0 Å². The molecular weight excluding hydrogens is 438 g/mol. The summed E-state index contributed by atoms with van der Waals surface area (Å²) >= 11 is 1.60. The highest BCUT2D eigenvalue weighted by atomic mass is 32.1. The highest BCUT2D eigenvalue weighted by Gasteiger charge is 2.42. The lowest BCUT2D eigenvalue weighted by molar-refractivity contribution is -0.148. The largest absolute Gasteiger partial charge is 0.391 e. The number of Topliss-reactive ketones (excluding diaryl/α,β-unsaturated/α-hetero) is 1. The van der Waals surface area contributed by atoms with Gasteiger partial charge >= 0.3 is 0 Å². The summed E-state index contributed by atoms with van der Waals surface area (Å²) < 4.78 is 0. The fraction of sp³-hybridized carbons (Fsp3) is 0.520. The molecule has 1 aliphatic heterocycles. The summed E-state index contributed by atoms with van der Waals surface area (Å²) in [5.41, 5.74) is 4.98. The Balaban J connectivity index is 1.67. The van der Waals surface area contributed by atoms with Gasteiger partial charge in [-0.1, -0.05) is 38.1 Å². The maximum atomic E-state index is 13.3.